The van der Waals surface area contributed by atoms with Gasteiger partial charge < -0.3 is 4.74 Å². The Labute approximate surface area is 159 Å². The second-order valence-corrected chi connectivity index (χ2v) is 10.6. The molecule has 0 aromatic heterocycles. The maximum absolute atomic E-state index is 12.3. The molecule has 0 amide bonds. The Morgan fingerprint density at radius 3 is 2.31 bits per heavy atom. The minimum Gasteiger partial charge on any atom is -0.375 e. The number of hydrogen-bond donors (Lipinski definition) is 0. The van der Waals surface area contributed by atoms with Crippen LogP contribution in [-0.2, 0) is 14.8 Å². The molecule has 7 heteroatoms. The summed E-state index contributed by atoms with van der Waals surface area (Å²) in [5, 5.41) is 0. The van der Waals surface area contributed by atoms with E-state index in [4.69, 9.17) is 4.74 Å². The summed E-state index contributed by atoms with van der Waals surface area (Å²) in [6.45, 7) is 13.2. The Kier molecular flexibility index (Phi) is 6.66. The fraction of sp³-hybridized carbons (Fsp3) is 1.00. The molecule has 3 saturated heterocycles. The van der Waals surface area contributed by atoms with E-state index < -0.39 is 10.0 Å². The maximum atomic E-state index is 12.3. The van der Waals surface area contributed by atoms with Crippen LogP contribution in [-0.4, -0.2) is 91.8 Å². The summed E-state index contributed by atoms with van der Waals surface area (Å²) in [7, 11) is -3.08. The molecule has 0 bridgehead atoms. The molecule has 0 aromatic carbocycles. The molecule has 0 aromatic rings. The van der Waals surface area contributed by atoms with Crippen LogP contribution in [0.3, 0.4) is 0 Å². The minimum atomic E-state index is -3.08. The molecular weight excluding hydrogens is 350 g/mol. The van der Waals surface area contributed by atoms with Gasteiger partial charge in [0.2, 0.25) is 10.0 Å². The second-order valence-electron chi connectivity index (χ2n) is 8.56. The first-order chi connectivity index (χ1) is 12.4. The van der Waals surface area contributed by atoms with Crippen molar-refractivity contribution < 1.29 is 13.2 Å². The number of ether oxygens (including phenoxy) is 1. The zero-order valence-electron chi connectivity index (χ0n) is 16.8. The van der Waals surface area contributed by atoms with Gasteiger partial charge in [-0.15, -0.1) is 0 Å². The van der Waals surface area contributed by atoms with Gasteiger partial charge in [0.15, 0.2) is 0 Å². The van der Waals surface area contributed by atoms with Gasteiger partial charge in [-0.2, -0.15) is 0 Å². The number of rotatable bonds is 5. The Morgan fingerprint density at radius 1 is 1.08 bits per heavy atom. The molecule has 0 aliphatic carbocycles. The van der Waals surface area contributed by atoms with Crippen molar-refractivity contribution in [3.63, 3.8) is 0 Å². The predicted octanol–water partition coefficient (Wildman–Crippen LogP) is 1.77. The second kappa shape index (κ2) is 8.43. The molecule has 152 valence electrons. The van der Waals surface area contributed by atoms with E-state index in [1.807, 2.05) is 6.92 Å². The van der Waals surface area contributed by atoms with Crippen LogP contribution in [0.1, 0.15) is 52.9 Å². The van der Waals surface area contributed by atoms with Crippen LogP contribution in [0.2, 0.25) is 0 Å². The standard InChI is InChI=1S/C19H37N3O3S/c1-4-15-26(23,24)22-8-6-19(7-9-22)16-18(5-14-25-19)21-12-10-20(11-13-21)17(2)3/h17-18H,4-16H2,1-3H3. The zero-order chi connectivity index (χ0) is 18.8. The molecule has 0 saturated carbocycles. The van der Waals surface area contributed by atoms with Crippen LogP contribution in [0.4, 0.5) is 0 Å². The third-order valence-corrected chi connectivity index (χ3v) is 8.63. The average Bonchev–Trinajstić information content (AvgIpc) is 2.62. The summed E-state index contributed by atoms with van der Waals surface area (Å²) in [5.74, 6) is 0.267. The van der Waals surface area contributed by atoms with Crippen molar-refractivity contribution in [2.45, 2.75) is 70.6 Å². The normalized spacial score (nSPS) is 29.5. The van der Waals surface area contributed by atoms with Crippen LogP contribution in [0.25, 0.3) is 0 Å². The van der Waals surface area contributed by atoms with E-state index >= 15 is 0 Å². The SMILES string of the molecule is CCCS(=O)(=O)N1CCC2(CC1)CC(N1CCN(C(C)C)CC1)CCO2. The summed E-state index contributed by atoms with van der Waals surface area (Å²) in [4.78, 5) is 5.21. The third-order valence-electron chi connectivity index (χ3n) is 6.55. The quantitative estimate of drug-likeness (QED) is 0.720. The van der Waals surface area contributed by atoms with Crippen LogP contribution in [0, 0.1) is 0 Å². The van der Waals surface area contributed by atoms with E-state index in [0.29, 0.717) is 31.6 Å². The lowest BCUT2D eigenvalue weighted by Gasteiger charge is -2.49. The molecule has 0 radical (unpaired) electrons. The van der Waals surface area contributed by atoms with E-state index in [1.165, 1.54) is 0 Å². The smallest absolute Gasteiger partial charge is 0.214 e. The minimum absolute atomic E-state index is 0.101. The summed E-state index contributed by atoms with van der Waals surface area (Å²) in [6, 6.07) is 1.23. The fourth-order valence-corrected chi connectivity index (χ4v) is 6.35. The molecule has 3 aliphatic heterocycles. The summed E-state index contributed by atoms with van der Waals surface area (Å²) >= 11 is 0. The maximum Gasteiger partial charge on any atom is 0.214 e. The monoisotopic (exact) mass is 387 g/mol. The van der Waals surface area contributed by atoms with Crippen LogP contribution in [0.15, 0.2) is 0 Å². The van der Waals surface area contributed by atoms with Gasteiger partial charge in [0.25, 0.3) is 0 Å². The topological polar surface area (TPSA) is 53.1 Å². The van der Waals surface area contributed by atoms with E-state index in [9.17, 15) is 8.42 Å². The van der Waals surface area contributed by atoms with Crippen molar-refractivity contribution in [2.24, 2.45) is 0 Å². The third kappa shape index (κ3) is 4.61. The molecule has 3 fully saturated rings. The van der Waals surface area contributed by atoms with Gasteiger partial charge in [-0.05, 0) is 46.0 Å². The Morgan fingerprint density at radius 2 is 1.73 bits per heavy atom. The Hall–Kier alpha value is -0.210. The molecule has 3 aliphatic rings. The average molecular weight is 388 g/mol. The first kappa shape index (κ1) is 20.5. The zero-order valence-corrected chi connectivity index (χ0v) is 17.6. The number of piperazine rings is 1. The van der Waals surface area contributed by atoms with E-state index in [-0.39, 0.29) is 11.4 Å². The first-order valence-corrected chi connectivity index (χ1v) is 12.1. The van der Waals surface area contributed by atoms with Gasteiger partial charge in [-0.3, -0.25) is 9.80 Å². The van der Waals surface area contributed by atoms with Crippen LogP contribution >= 0.6 is 0 Å². The van der Waals surface area contributed by atoms with Crippen molar-refractivity contribution >= 4 is 10.0 Å². The summed E-state index contributed by atoms with van der Waals surface area (Å²) in [6.07, 6.45) is 4.55. The molecule has 26 heavy (non-hydrogen) atoms. The van der Waals surface area contributed by atoms with Crippen LogP contribution in [0.5, 0.6) is 0 Å². The highest BCUT2D eigenvalue weighted by molar-refractivity contribution is 7.89. The highest BCUT2D eigenvalue weighted by atomic mass is 32.2. The largest absolute Gasteiger partial charge is 0.375 e. The van der Waals surface area contributed by atoms with Crippen molar-refractivity contribution in [3.05, 3.63) is 0 Å². The van der Waals surface area contributed by atoms with Gasteiger partial charge in [0.1, 0.15) is 0 Å². The highest BCUT2D eigenvalue weighted by Gasteiger charge is 2.43. The van der Waals surface area contributed by atoms with Crippen molar-refractivity contribution in [2.75, 3.05) is 51.6 Å². The fourth-order valence-electron chi connectivity index (χ4n) is 4.84. The summed E-state index contributed by atoms with van der Waals surface area (Å²) in [5.41, 5.74) is -0.101. The van der Waals surface area contributed by atoms with Gasteiger partial charge >= 0.3 is 0 Å². The lowest BCUT2D eigenvalue weighted by atomic mass is 9.82. The van der Waals surface area contributed by atoms with Gasteiger partial charge in [-0.1, -0.05) is 6.92 Å². The van der Waals surface area contributed by atoms with E-state index in [2.05, 4.69) is 23.6 Å². The number of sulfonamides is 1. The van der Waals surface area contributed by atoms with Crippen molar-refractivity contribution in [3.8, 4) is 0 Å². The predicted molar refractivity (Wildman–Crippen MR) is 105 cm³/mol. The van der Waals surface area contributed by atoms with Gasteiger partial charge in [0, 0.05) is 58.0 Å². The molecule has 3 heterocycles. The van der Waals surface area contributed by atoms with E-state index in [1.54, 1.807) is 4.31 Å². The van der Waals surface area contributed by atoms with E-state index in [0.717, 1.165) is 58.5 Å². The lowest BCUT2D eigenvalue weighted by molar-refractivity contribution is -0.130. The molecule has 3 rings (SSSR count). The molecule has 1 atom stereocenters. The highest BCUT2D eigenvalue weighted by Crippen LogP contribution is 2.37. The van der Waals surface area contributed by atoms with Crippen LogP contribution < -0.4 is 0 Å². The molecule has 1 unspecified atom stereocenters. The Bertz CT molecular complexity index is 550. The molecular formula is C19H37N3O3S. The number of nitrogens with zero attached hydrogens (tertiary/aromatic N) is 3. The van der Waals surface area contributed by atoms with Gasteiger partial charge in [-0.25, -0.2) is 12.7 Å². The Balaban J connectivity index is 1.54. The number of hydrogen-bond acceptors (Lipinski definition) is 5. The molecule has 1 spiro atoms. The molecule has 0 N–H and O–H groups in total. The van der Waals surface area contributed by atoms with Crippen molar-refractivity contribution in [1.29, 1.82) is 0 Å². The summed E-state index contributed by atoms with van der Waals surface area (Å²) < 4.78 is 32.6. The number of piperidine rings is 1. The first-order valence-electron chi connectivity index (χ1n) is 10.5. The van der Waals surface area contributed by atoms with Gasteiger partial charge in [0.05, 0.1) is 11.4 Å². The van der Waals surface area contributed by atoms with Crippen molar-refractivity contribution in [1.82, 2.24) is 14.1 Å². The lowest BCUT2D eigenvalue weighted by Crippen LogP contribution is -2.58. The molecule has 6 nitrogen and oxygen atoms in total.